The molecule has 8 heteroatoms. The van der Waals surface area contributed by atoms with Gasteiger partial charge in [0, 0.05) is 19.2 Å². The maximum atomic E-state index is 14.1. The molecule has 0 aliphatic carbocycles. The smallest absolute Gasteiger partial charge is 0.335 e. The number of aryl methyl sites for hydroxylation is 1. The van der Waals surface area contributed by atoms with Crippen LogP contribution in [0.15, 0.2) is 60.7 Å². The van der Waals surface area contributed by atoms with Crippen LogP contribution in [0.4, 0.5) is 4.39 Å². The van der Waals surface area contributed by atoms with E-state index in [9.17, 15) is 9.18 Å². The largest absolute Gasteiger partial charge is 0.497 e. The summed E-state index contributed by atoms with van der Waals surface area (Å²) >= 11 is 0. The molecule has 1 heterocycles. The average molecular weight is 422 g/mol. The molecule has 3 aromatic carbocycles. The van der Waals surface area contributed by atoms with E-state index in [4.69, 9.17) is 19.3 Å². The predicted molar refractivity (Wildman–Crippen MR) is 111 cm³/mol. The summed E-state index contributed by atoms with van der Waals surface area (Å²) in [5, 5.41) is 9.10. The Morgan fingerprint density at radius 3 is 2.65 bits per heavy atom. The summed E-state index contributed by atoms with van der Waals surface area (Å²) in [7, 11) is 3.33. The van der Waals surface area contributed by atoms with Crippen LogP contribution in [0.25, 0.3) is 11.0 Å². The van der Waals surface area contributed by atoms with E-state index in [1.165, 1.54) is 37.4 Å². The summed E-state index contributed by atoms with van der Waals surface area (Å²) in [6, 6.07) is 15.8. The molecule has 0 spiro atoms. The van der Waals surface area contributed by atoms with Crippen molar-refractivity contribution in [2.24, 2.45) is 7.05 Å². The van der Waals surface area contributed by atoms with Crippen molar-refractivity contribution in [3.05, 3.63) is 77.9 Å². The first-order valence-corrected chi connectivity index (χ1v) is 9.37. The van der Waals surface area contributed by atoms with Gasteiger partial charge in [-0.1, -0.05) is 6.07 Å². The van der Waals surface area contributed by atoms with Crippen LogP contribution < -0.4 is 14.2 Å². The van der Waals surface area contributed by atoms with Gasteiger partial charge in [0.2, 0.25) is 0 Å². The summed E-state index contributed by atoms with van der Waals surface area (Å²) in [5.74, 6) is 0.554. The molecule has 0 bridgehead atoms. The van der Waals surface area contributed by atoms with E-state index in [2.05, 4.69) is 4.98 Å². The molecule has 0 radical (unpaired) electrons. The molecular weight excluding hydrogens is 403 g/mol. The van der Waals surface area contributed by atoms with Gasteiger partial charge in [0.15, 0.2) is 11.6 Å². The Labute approximate surface area is 177 Å². The molecule has 0 atom stereocenters. The molecule has 0 fully saturated rings. The number of aromatic carboxylic acids is 1. The zero-order valence-electron chi connectivity index (χ0n) is 16.8. The monoisotopic (exact) mass is 422 g/mol. The van der Waals surface area contributed by atoms with Gasteiger partial charge in [0.05, 0.1) is 23.7 Å². The van der Waals surface area contributed by atoms with Gasteiger partial charge in [0.1, 0.15) is 29.7 Å². The van der Waals surface area contributed by atoms with Crippen molar-refractivity contribution >= 4 is 17.0 Å². The lowest BCUT2D eigenvalue weighted by molar-refractivity contribution is 0.0696. The molecule has 158 valence electrons. The Balaban J connectivity index is 1.55. The molecule has 0 saturated heterocycles. The van der Waals surface area contributed by atoms with Crippen molar-refractivity contribution in [2.45, 2.75) is 6.61 Å². The minimum atomic E-state index is -1.02. The van der Waals surface area contributed by atoms with Gasteiger partial charge in [-0.25, -0.2) is 14.2 Å². The third-order valence-corrected chi connectivity index (χ3v) is 4.76. The molecule has 4 aromatic rings. The predicted octanol–water partition coefficient (Wildman–Crippen LogP) is 4.79. The molecule has 1 aromatic heterocycles. The average Bonchev–Trinajstić information content (AvgIpc) is 3.09. The number of carbonyl (C=O) groups is 1. The molecule has 1 N–H and O–H groups in total. The Morgan fingerprint density at radius 2 is 1.87 bits per heavy atom. The van der Waals surface area contributed by atoms with Crippen LogP contribution >= 0.6 is 0 Å². The third kappa shape index (κ3) is 4.28. The number of hydrogen-bond acceptors (Lipinski definition) is 5. The first-order valence-electron chi connectivity index (χ1n) is 9.37. The molecule has 0 unspecified atom stereocenters. The number of fused-ring (bicyclic) bond motifs is 1. The van der Waals surface area contributed by atoms with Gasteiger partial charge in [-0.2, -0.15) is 0 Å². The Hall–Kier alpha value is -4.07. The Morgan fingerprint density at radius 1 is 1.06 bits per heavy atom. The highest BCUT2D eigenvalue weighted by atomic mass is 19.1. The zero-order chi connectivity index (χ0) is 22.0. The molecule has 0 saturated carbocycles. The summed E-state index contributed by atoms with van der Waals surface area (Å²) in [5.41, 5.74) is 1.65. The third-order valence-electron chi connectivity index (χ3n) is 4.76. The van der Waals surface area contributed by atoms with Crippen molar-refractivity contribution in [1.29, 1.82) is 0 Å². The Kier molecular flexibility index (Phi) is 5.44. The second-order valence-electron chi connectivity index (χ2n) is 6.76. The number of carboxylic acid groups (broad SMARTS) is 1. The van der Waals surface area contributed by atoms with Gasteiger partial charge < -0.3 is 23.9 Å². The molecule has 0 aliphatic rings. The number of nitrogens with zero attached hydrogens (tertiary/aromatic N) is 2. The van der Waals surface area contributed by atoms with E-state index in [0.29, 0.717) is 23.1 Å². The van der Waals surface area contributed by atoms with E-state index >= 15 is 0 Å². The van der Waals surface area contributed by atoms with Gasteiger partial charge in [-0.15, -0.1) is 0 Å². The first-order chi connectivity index (χ1) is 14.9. The fourth-order valence-corrected chi connectivity index (χ4v) is 3.09. The molecule has 4 rings (SSSR count). The lowest BCUT2D eigenvalue weighted by Gasteiger charge is -2.09. The summed E-state index contributed by atoms with van der Waals surface area (Å²) in [6.45, 7) is 0.148. The van der Waals surface area contributed by atoms with Crippen molar-refractivity contribution in [1.82, 2.24) is 9.55 Å². The van der Waals surface area contributed by atoms with E-state index in [-0.39, 0.29) is 17.9 Å². The topological polar surface area (TPSA) is 82.8 Å². The number of imidazole rings is 1. The number of halogens is 1. The summed E-state index contributed by atoms with van der Waals surface area (Å²) < 4.78 is 32.5. The highest BCUT2D eigenvalue weighted by Crippen LogP contribution is 2.30. The van der Waals surface area contributed by atoms with Crippen LogP contribution in [0.5, 0.6) is 23.0 Å². The van der Waals surface area contributed by atoms with Crippen molar-refractivity contribution < 1.29 is 28.5 Å². The van der Waals surface area contributed by atoms with Crippen molar-refractivity contribution in [3.8, 4) is 23.0 Å². The van der Waals surface area contributed by atoms with E-state index in [1.54, 1.807) is 30.3 Å². The standard InChI is InChI=1S/C23H19FN2O5/c1-26-20-11-17(31-21-12-15(29-2)6-8-18(21)24)7-9-19(20)25-22(26)13-30-16-5-3-4-14(10-16)23(27)28/h3-12H,13H2,1-2H3,(H,27,28). The fourth-order valence-electron chi connectivity index (χ4n) is 3.09. The lowest BCUT2D eigenvalue weighted by atomic mass is 10.2. The van der Waals surface area contributed by atoms with Crippen LogP contribution in [-0.4, -0.2) is 27.7 Å². The number of methoxy groups -OCH3 is 1. The van der Waals surface area contributed by atoms with Crippen molar-refractivity contribution in [3.63, 3.8) is 0 Å². The number of carboxylic acids is 1. The van der Waals surface area contributed by atoms with Crippen LogP contribution in [-0.2, 0) is 13.7 Å². The zero-order valence-corrected chi connectivity index (χ0v) is 16.8. The van der Waals surface area contributed by atoms with Gasteiger partial charge in [0.25, 0.3) is 0 Å². The van der Waals surface area contributed by atoms with Crippen LogP contribution in [0.2, 0.25) is 0 Å². The second kappa shape index (κ2) is 8.35. The van der Waals surface area contributed by atoms with E-state index in [0.717, 1.165) is 11.0 Å². The second-order valence-corrected chi connectivity index (χ2v) is 6.76. The SMILES string of the molecule is COc1ccc(F)c(Oc2ccc3nc(COc4cccc(C(=O)O)c4)n(C)c3c2)c1. The van der Waals surface area contributed by atoms with E-state index < -0.39 is 11.8 Å². The normalized spacial score (nSPS) is 10.8. The molecule has 0 aliphatic heterocycles. The fraction of sp³-hybridized carbons (Fsp3) is 0.130. The molecule has 7 nitrogen and oxygen atoms in total. The highest BCUT2D eigenvalue weighted by molar-refractivity contribution is 5.88. The molecule has 31 heavy (non-hydrogen) atoms. The Bertz CT molecular complexity index is 1270. The maximum Gasteiger partial charge on any atom is 0.335 e. The number of aromatic nitrogens is 2. The van der Waals surface area contributed by atoms with E-state index in [1.807, 2.05) is 11.6 Å². The summed E-state index contributed by atoms with van der Waals surface area (Å²) in [4.78, 5) is 15.7. The number of ether oxygens (including phenoxy) is 3. The number of benzene rings is 3. The van der Waals surface area contributed by atoms with Crippen molar-refractivity contribution in [2.75, 3.05) is 7.11 Å². The lowest BCUT2D eigenvalue weighted by Crippen LogP contribution is -2.04. The van der Waals surface area contributed by atoms with Gasteiger partial charge in [-0.05, 0) is 42.5 Å². The maximum absolute atomic E-state index is 14.1. The van der Waals surface area contributed by atoms with Gasteiger partial charge >= 0.3 is 5.97 Å². The molecule has 0 amide bonds. The van der Waals surface area contributed by atoms with Crippen LogP contribution in [0.3, 0.4) is 0 Å². The first kappa shape index (κ1) is 20.2. The quantitative estimate of drug-likeness (QED) is 0.461. The summed E-state index contributed by atoms with van der Waals surface area (Å²) in [6.07, 6.45) is 0. The minimum Gasteiger partial charge on any atom is -0.497 e. The highest BCUT2D eigenvalue weighted by Gasteiger charge is 2.12. The minimum absolute atomic E-state index is 0.0581. The van der Waals surface area contributed by atoms with Gasteiger partial charge in [-0.3, -0.25) is 0 Å². The van der Waals surface area contributed by atoms with Crippen LogP contribution in [0, 0.1) is 5.82 Å². The van der Waals surface area contributed by atoms with Crippen LogP contribution in [0.1, 0.15) is 16.2 Å². The molecular formula is C23H19FN2O5. The number of rotatable bonds is 7. The number of hydrogen-bond donors (Lipinski definition) is 1.